The van der Waals surface area contributed by atoms with Crippen LogP contribution < -0.4 is 5.48 Å². The Morgan fingerprint density at radius 1 is 1.24 bits per heavy atom. The molecule has 3 rings (SSSR count). The molecule has 0 bridgehead atoms. The molecule has 0 saturated carbocycles. The van der Waals surface area contributed by atoms with Gasteiger partial charge in [-0.05, 0) is 68.3 Å². The van der Waals surface area contributed by atoms with Crippen molar-refractivity contribution in [2.24, 2.45) is 5.92 Å². The summed E-state index contributed by atoms with van der Waals surface area (Å²) in [6.45, 7) is 4.22. The van der Waals surface area contributed by atoms with Gasteiger partial charge < -0.3 is 4.74 Å². The average Bonchev–Trinajstić information content (AvgIpc) is 3.14. The van der Waals surface area contributed by atoms with Crippen molar-refractivity contribution in [3.05, 3.63) is 41.5 Å². The Morgan fingerprint density at radius 3 is 2.72 bits per heavy atom. The summed E-state index contributed by atoms with van der Waals surface area (Å²) in [5, 5.41) is 8.51. The van der Waals surface area contributed by atoms with Gasteiger partial charge in [0.15, 0.2) is 0 Å². The molecular weight excluding hydrogens is 316 g/mol. The van der Waals surface area contributed by atoms with E-state index in [9.17, 15) is 4.79 Å². The van der Waals surface area contributed by atoms with E-state index in [2.05, 4.69) is 17.0 Å². The summed E-state index contributed by atoms with van der Waals surface area (Å²) in [4.78, 5) is 13.7. The Bertz CT molecular complexity index is 579. The lowest BCUT2D eigenvalue weighted by Crippen LogP contribution is -2.27. The number of amides is 1. The maximum Gasteiger partial charge on any atom is 0.267 e. The standard InChI is InChI=1S/C20H28N2O3/c23-20(21-24)8-5-16-3-6-18(7-4-16)19-2-1-12-22(19)13-9-17-10-14-25-15-11-17/h3-8,17,19,24H,1-2,9-15H2,(H,21,23)/b8-5+/t19-/m0/s1. The molecule has 2 fully saturated rings. The van der Waals surface area contributed by atoms with Gasteiger partial charge in [-0.1, -0.05) is 24.3 Å². The van der Waals surface area contributed by atoms with Gasteiger partial charge in [-0.3, -0.25) is 14.9 Å². The van der Waals surface area contributed by atoms with Crippen LogP contribution in [0.5, 0.6) is 0 Å². The Kier molecular flexibility index (Phi) is 6.62. The summed E-state index contributed by atoms with van der Waals surface area (Å²) in [7, 11) is 0. The van der Waals surface area contributed by atoms with Crippen molar-refractivity contribution in [1.82, 2.24) is 10.4 Å². The molecule has 0 spiro atoms. The zero-order chi connectivity index (χ0) is 17.5. The molecule has 5 nitrogen and oxygen atoms in total. The Morgan fingerprint density at radius 2 is 2.00 bits per heavy atom. The van der Waals surface area contributed by atoms with E-state index in [0.29, 0.717) is 6.04 Å². The van der Waals surface area contributed by atoms with Crippen LogP contribution in [0.4, 0.5) is 0 Å². The molecule has 0 unspecified atom stereocenters. The van der Waals surface area contributed by atoms with Crippen molar-refractivity contribution in [2.75, 3.05) is 26.3 Å². The molecule has 25 heavy (non-hydrogen) atoms. The Balaban J connectivity index is 1.56. The highest BCUT2D eigenvalue weighted by atomic mass is 16.5. The van der Waals surface area contributed by atoms with Crippen molar-refractivity contribution in [1.29, 1.82) is 0 Å². The molecule has 1 aromatic rings. The van der Waals surface area contributed by atoms with Crippen LogP contribution in [0, 0.1) is 5.92 Å². The highest BCUT2D eigenvalue weighted by molar-refractivity contribution is 5.90. The Hall–Kier alpha value is -1.69. The van der Waals surface area contributed by atoms with Gasteiger partial charge in [0.1, 0.15) is 0 Å². The second-order valence-electron chi connectivity index (χ2n) is 7.01. The predicted octanol–water partition coefficient (Wildman–Crippen LogP) is 3.16. The molecule has 2 heterocycles. The van der Waals surface area contributed by atoms with Gasteiger partial charge in [0, 0.05) is 25.3 Å². The number of rotatable bonds is 6. The monoisotopic (exact) mass is 344 g/mol. The molecule has 2 N–H and O–H groups in total. The summed E-state index contributed by atoms with van der Waals surface area (Å²) < 4.78 is 5.46. The number of carbonyl (C=O) groups excluding carboxylic acids is 1. The molecule has 2 aliphatic rings. The van der Waals surface area contributed by atoms with Gasteiger partial charge in [0.05, 0.1) is 0 Å². The first-order valence-corrected chi connectivity index (χ1v) is 9.30. The first-order chi connectivity index (χ1) is 12.3. The summed E-state index contributed by atoms with van der Waals surface area (Å²) in [6, 6.07) is 8.90. The van der Waals surface area contributed by atoms with Crippen LogP contribution in [-0.2, 0) is 9.53 Å². The third-order valence-electron chi connectivity index (χ3n) is 5.39. The van der Waals surface area contributed by atoms with Crippen LogP contribution in [0.15, 0.2) is 30.3 Å². The number of likely N-dealkylation sites (tertiary alicyclic amines) is 1. The van der Waals surface area contributed by atoms with Crippen LogP contribution >= 0.6 is 0 Å². The summed E-state index contributed by atoms with van der Waals surface area (Å²) in [5.74, 6) is 0.305. The Labute approximate surface area is 149 Å². The average molecular weight is 344 g/mol. The quantitative estimate of drug-likeness (QED) is 0.473. The highest BCUT2D eigenvalue weighted by Crippen LogP contribution is 2.33. The number of hydroxylamine groups is 1. The lowest BCUT2D eigenvalue weighted by molar-refractivity contribution is -0.124. The lowest BCUT2D eigenvalue weighted by atomic mass is 9.96. The van der Waals surface area contributed by atoms with Crippen molar-refractivity contribution >= 4 is 12.0 Å². The van der Waals surface area contributed by atoms with Crippen LogP contribution in [-0.4, -0.2) is 42.3 Å². The van der Waals surface area contributed by atoms with Crippen LogP contribution in [0.3, 0.4) is 0 Å². The molecule has 0 aromatic heterocycles. The first kappa shape index (κ1) is 18.1. The minimum atomic E-state index is -0.515. The van der Waals surface area contributed by atoms with Crippen molar-refractivity contribution in [3.63, 3.8) is 0 Å². The zero-order valence-corrected chi connectivity index (χ0v) is 14.7. The molecule has 1 atom stereocenters. The van der Waals surface area contributed by atoms with E-state index in [0.717, 1.165) is 24.7 Å². The smallest absolute Gasteiger partial charge is 0.267 e. The zero-order valence-electron chi connectivity index (χ0n) is 14.7. The topological polar surface area (TPSA) is 61.8 Å². The first-order valence-electron chi connectivity index (χ1n) is 9.30. The van der Waals surface area contributed by atoms with Gasteiger partial charge in [-0.15, -0.1) is 0 Å². The highest BCUT2D eigenvalue weighted by Gasteiger charge is 2.26. The number of benzene rings is 1. The lowest BCUT2D eigenvalue weighted by Gasteiger charge is -2.28. The van der Waals surface area contributed by atoms with E-state index in [1.165, 1.54) is 56.8 Å². The molecule has 136 valence electrons. The molecule has 2 saturated heterocycles. The summed E-state index contributed by atoms with van der Waals surface area (Å²) >= 11 is 0. The molecule has 2 aliphatic heterocycles. The van der Waals surface area contributed by atoms with Gasteiger partial charge in [-0.2, -0.15) is 0 Å². The van der Waals surface area contributed by atoms with Gasteiger partial charge in [0.2, 0.25) is 0 Å². The molecule has 0 radical (unpaired) electrons. The molecule has 5 heteroatoms. The van der Waals surface area contributed by atoms with Crippen LogP contribution in [0.25, 0.3) is 6.08 Å². The minimum Gasteiger partial charge on any atom is -0.381 e. The normalized spacial score (nSPS) is 22.5. The fourth-order valence-corrected chi connectivity index (χ4v) is 3.89. The van der Waals surface area contributed by atoms with E-state index in [-0.39, 0.29) is 0 Å². The van der Waals surface area contributed by atoms with Crippen LogP contribution in [0.2, 0.25) is 0 Å². The number of hydrogen-bond acceptors (Lipinski definition) is 4. The third-order valence-corrected chi connectivity index (χ3v) is 5.39. The van der Waals surface area contributed by atoms with Crippen LogP contribution in [0.1, 0.15) is 49.3 Å². The number of hydrogen-bond donors (Lipinski definition) is 2. The second-order valence-corrected chi connectivity index (χ2v) is 7.01. The molecule has 1 amide bonds. The fourth-order valence-electron chi connectivity index (χ4n) is 3.89. The fraction of sp³-hybridized carbons (Fsp3) is 0.550. The minimum absolute atomic E-state index is 0.513. The summed E-state index contributed by atoms with van der Waals surface area (Å²) in [6.07, 6.45) is 9.20. The largest absolute Gasteiger partial charge is 0.381 e. The molecule has 0 aliphatic carbocycles. The molecular formula is C20H28N2O3. The number of carbonyl (C=O) groups is 1. The summed E-state index contributed by atoms with van der Waals surface area (Å²) in [5.41, 5.74) is 3.91. The molecule has 1 aromatic carbocycles. The second kappa shape index (κ2) is 9.13. The van der Waals surface area contributed by atoms with Gasteiger partial charge in [0.25, 0.3) is 5.91 Å². The van der Waals surface area contributed by atoms with E-state index in [4.69, 9.17) is 9.94 Å². The van der Waals surface area contributed by atoms with E-state index < -0.39 is 5.91 Å². The van der Waals surface area contributed by atoms with Gasteiger partial charge in [-0.25, -0.2) is 5.48 Å². The van der Waals surface area contributed by atoms with Gasteiger partial charge >= 0.3 is 0 Å². The van der Waals surface area contributed by atoms with E-state index >= 15 is 0 Å². The number of nitrogens with one attached hydrogen (secondary N) is 1. The SMILES string of the molecule is O=C(/C=C/c1ccc([C@@H]2CCCN2CCC2CCOCC2)cc1)NO. The maximum atomic E-state index is 11.0. The van der Waals surface area contributed by atoms with E-state index in [1.54, 1.807) is 11.6 Å². The van der Waals surface area contributed by atoms with Crippen molar-refractivity contribution in [2.45, 2.75) is 38.1 Å². The maximum absolute atomic E-state index is 11.0. The number of ether oxygens (including phenoxy) is 1. The van der Waals surface area contributed by atoms with Crippen molar-refractivity contribution < 1.29 is 14.7 Å². The third kappa shape index (κ3) is 5.14. The van der Waals surface area contributed by atoms with E-state index in [1.807, 2.05) is 12.1 Å². The predicted molar refractivity (Wildman–Crippen MR) is 97.1 cm³/mol. The number of nitrogens with zero attached hydrogens (tertiary/aromatic N) is 1. The van der Waals surface area contributed by atoms with Crippen molar-refractivity contribution in [3.8, 4) is 0 Å².